The molecule has 1 rings (SSSR count). The van der Waals surface area contributed by atoms with Crippen molar-refractivity contribution in [2.45, 2.75) is 47.5 Å². The van der Waals surface area contributed by atoms with Crippen LogP contribution < -0.4 is 0 Å². The highest BCUT2D eigenvalue weighted by Gasteiger charge is 2.07. The van der Waals surface area contributed by atoms with E-state index in [1.807, 2.05) is 0 Å². The molecule has 0 amide bonds. The standard InChI is InChI=1S/C13H20/c1-6-12-9(3)8-10(4)13(7-2)11(12)5/h8H,6-7H2,1-5H3. The van der Waals surface area contributed by atoms with Crippen molar-refractivity contribution in [1.82, 2.24) is 0 Å². The third kappa shape index (κ3) is 1.77. The van der Waals surface area contributed by atoms with Crippen LogP contribution in [-0.2, 0) is 12.8 Å². The van der Waals surface area contributed by atoms with E-state index in [9.17, 15) is 0 Å². The predicted octanol–water partition coefficient (Wildman–Crippen LogP) is 3.74. The molecule has 0 aliphatic carbocycles. The first kappa shape index (κ1) is 10.3. The minimum Gasteiger partial charge on any atom is -0.0613 e. The van der Waals surface area contributed by atoms with Gasteiger partial charge in [0.2, 0.25) is 0 Å². The SMILES string of the molecule is CCc1c(C)cc(C)c(CC)c1C. The molecule has 0 saturated heterocycles. The molecule has 0 nitrogen and oxygen atoms in total. The maximum atomic E-state index is 2.32. The van der Waals surface area contributed by atoms with Crippen LogP contribution in [0.4, 0.5) is 0 Å². The summed E-state index contributed by atoms with van der Waals surface area (Å²) >= 11 is 0. The predicted molar refractivity (Wildman–Crippen MR) is 59.4 cm³/mol. The Morgan fingerprint density at radius 3 is 1.54 bits per heavy atom. The lowest BCUT2D eigenvalue weighted by molar-refractivity contribution is 1.01. The number of benzene rings is 1. The van der Waals surface area contributed by atoms with Gasteiger partial charge in [-0.05, 0) is 61.4 Å². The van der Waals surface area contributed by atoms with Crippen molar-refractivity contribution in [3.63, 3.8) is 0 Å². The van der Waals surface area contributed by atoms with Gasteiger partial charge in [0.15, 0.2) is 0 Å². The quantitative estimate of drug-likeness (QED) is 0.644. The highest BCUT2D eigenvalue weighted by molar-refractivity contribution is 5.44. The van der Waals surface area contributed by atoms with Gasteiger partial charge in [-0.1, -0.05) is 19.9 Å². The average Bonchev–Trinajstić information content (AvgIpc) is 2.04. The summed E-state index contributed by atoms with van der Waals surface area (Å²) in [7, 11) is 0. The smallest absolute Gasteiger partial charge is 0.0302 e. The molecule has 0 saturated carbocycles. The summed E-state index contributed by atoms with van der Waals surface area (Å²) in [6, 6.07) is 2.32. The van der Waals surface area contributed by atoms with Crippen LogP contribution in [0.5, 0.6) is 0 Å². The van der Waals surface area contributed by atoms with E-state index < -0.39 is 0 Å². The maximum absolute atomic E-state index is 2.32. The van der Waals surface area contributed by atoms with Crippen LogP contribution >= 0.6 is 0 Å². The minimum atomic E-state index is 1.16. The Kier molecular flexibility index (Phi) is 3.13. The van der Waals surface area contributed by atoms with E-state index in [2.05, 4.69) is 40.7 Å². The van der Waals surface area contributed by atoms with Crippen LogP contribution in [0.3, 0.4) is 0 Å². The Labute approximate surface area is 82.0 Å². The van der Waals surface area contributed by atoms with Crippen molar-refractivity contribution in [2.24, 2.45) is 0 Å². The Hall–Kier alpha value is -0.780. The number of rotatable bonds is 2. The van der Waals surface area contributed by atoms with E-state index >= 15 is 0 Å². The van der Waals surface area contributed by atoms with Crippen molar-refractivity contribution >= 4 is 0 Å². The monoisotopic (exact) mass is 176 g/mol. The van der Waals surface area contributed by atoms with Gasteiger partial charge in [-0.25, -0.2) is 0 Å². The van der Waals surface area contributed by atoms with Crippen LogP contribution in [0.15, 0.2) is 6.07 Å². The molecular weight excluding hydrogens is 156 g/mol. The van der Waals surface area contributed by atoms with Gasteiger partial charge in [0, 0.05) is 0 Å². The van der Waals surface area contributed by atoms with Gasteiger partial charge in [-0.2, -0.15) is 0 Å². The fourth-order valence-corrected chi connectivity index (χ4v) is 2.36. The minimum absolute atomic E-state index is 1.16. The lowest BCUT2D eigenvalue weighted by Crippen LogP contribution is -1.99. The van der Waals surface area contributed by atoms with Gasteiger partial charge >= 0.3 is 0 Å². The van der Waals surface area contributed by atoms with Crippen molar-refractivity contribution < 1.29 is 0 Å². The Bertz CT molecular complexity index is 280. The molecule has 0 aliphatic rings. The molecule has 0 N–H and O–H groups in total. The van der Waals surface area contributed by atoms with Crippen LogP contribution in [0, 0.1) is 20.8 Å². The largest absolute Gasteiger partial charge is 0.0613 e. The van der Waals surface area contributed by atoms with Gasteiger partial charge in [0.1, 0.15) is 0 Å². The molecule has 0 aliphatic heterocycles. The molecule has 0 aromatic heterocycles. The van der Waals surface area contributed by atoms with Crippen LogP contribution in [-0.4, -0.2) is 0 Å². The van der Waals surface area contributed by atoms with E-state index in [0.717, 1.165) is 12.8 Å². The van der Waals surface area contributed by atoms with Crippen LogP contribution in [0.1, 0.15) is 41.7 Å². The first-order chi connectivity index (χ1) is 6.11. The van der Waals surface area contributed by atoms with E-state index in [0.29, 0.717) is 0 Å². The first-order valence-electron chi connectivity index (χ1n) is 5.20. The van der Waals surface area contributed by atoms with E-state index in [4.69, 9.17) is 0 Å². The van der Waals surface area contributed by atoms with Gasteiger partial charge in [0.25, 0.3) is 0 Å². The summed E-state index contributed by atoms with van der Waals surface area (Å²) in [5.74, 6) is 0. The second kappa shape index (κ2) is 3.95. The molecule has 0 heterocycles. The van der Waals surface area contributed by atoms with Crippen molar-refractivity contribution in [1.29, 1.82) is 0 Å². The molecule has 1 aromatic carbocycles. The van der Waals surface area contributed by atoms with Gasteiger partial charge in [0.05, 0.1) is 0 Å². The second-order valence-corrected chi connectivity index (χ2v) is 3.80. The highest BCUT2D eigenvalue weighted by atomic mass is 14.1. The molecular formula is C13H20. The average molecular weight is 176 g/mol. The number of hydrogen-bond donors (Lipinski definition) is 0. The van der Waals surface area contributed by atoms with Crippen molar-refractivity contribution in [2.75, 3.05) is 0 Å². The van der Waals surface area contributed by atoms with Crippen LogP contribution in [0.25, 0.3) is 0 Å². The summed E-state index contributed by atoms with van der Waals surface area (Å²) in [6.45, 7) is 11.2. The molecule has 0 atom stereocenters. The van der Waals surface area contributed by atoms with Gasteiger partial charge < -0.3 is 0 Å². The summed E-state index contributed by atoms with van der Waals surface area (Å²) in [6.07, 6.45) is 2.32. The molecule has 0 bridgehead atoms. The molecule has 13 heavy (non-hydrogen) atoms. The summed E-state index contributed by atoms with van der Waals surface area (Å²) < 4.78 is 0. The van der Waals surface area contributed by atoms with Crippen molar-refractivity contribution in [3.05, 3.63) is 33.9 Å². The van der Waals surface area contributed by atoms with E-state index in [1.165, 1.54) is 16.7 Å². The molecule has 1 aromatic rings. The normalized spacial score (nSPS) is 10.5. The Morgan fingerprint density at radius 2 is 1.23 bits per heavy atom. The molecule has 0 unspecified atom stereocenters. The zero-order valence-corrected chi connectivity index (χ0v) is 9.49. The lowest BCUT2D eigenvalue weighted by atomic mass is 9.91. The fourth-order valence-electron chi connectivity index (χ4n) is 2.36. The Morgan fingerprint density at radius 1 is 0.846 bits per heavy atom. The second-order valence-electron chi connectivity index (χ2n) is 3.80. The number of hydrogen-bond acceptors (Lipinski definition) is 0. The molecule has 72 valence electrons. The van der Waals surface area contributed by atoms with Crippen LogP contribution in [0.2, 0.25) is 0 Å². The van der Waals surface area contributed by atoms with Gasteiger partial charge in [-0.3, -0.25) is 0 Å². The molecule has 0 spiro atoms. The van der Waals surface area contributed by atoms with Crippen molar-refractivity contribution in [3.8, 4) is 0 Å². The highest BCUT2D eigenvalue weighted by Crippen LogP contribution is 2.22. The third-order valence-corrected chi connectivity index (χ3v) is 3.00. The zero-order valence-electron chi connectivity index (χ0n) is 9.49. The molecule has 0 heteroatoms. The topological polar surface area (TPSA) is 0 Å². The summed E-state index contributed by atoms with van der Waals surface area (Å²) in [5, 5.41) is 0. The Balaban J connectivity index is 3.39. The molecule has 0 radical (unpaired) electrons. The zero-order chi connectivity index (χ0) is 10.0. The lowest BCUT2D eigenvalue weighted by Gasteiger charge is -2.15. The fraction of sp³-hybridized carbons (Fsp3) is 0.538. The maximum Gasteiger partial charge on any atom is -0.0302 e. The van der Waals surface area contributed by atoms with E-state index in [-0.39, 0.29) is 0 Å². The van der Waals surface area contributed by atoms with Gasteiger partial charge in [-0.15, -0.1) is 0 Å². The van der Waals surface area contributed by atoms with E-state index in [1.54, 1.807) is 11.1 Å². The summed E-state index contributed by atoms with van der Waals surface area (Å²) in [5.41, 5.74) is 7.51. The third-order valence-electron chi connectivity index (χ3n) is 3.00. The molecule has 0 fully saturated rings. The first-order valence-corrected chi connectivity index (χ1v) is 5.20. The summed E-state index contributed by atoms with van der Waals surface area (Å²) in [4.78, 5) is 0. The number of aryl methyl sites for hydroxylation is 2.